The van der Waals surface area contributed by atoms with E-state index in [2.05, 4.69) is 5.32 Å². The van der Waals surface area contributed by atoms with Crippen molar-refractivity contribution in [2.24, 2.45) is 11.8 Å². The van der Waals surface area contributed by atoms with E-state index in [1.54, 1.807) is 45.2 Å². The fourth-order valence-electron chi connectivity index (χ4n) is 5.17. The third-order valence-electron chi connectivity index (χ3n) is 6.50. The van der Waals surface area contributed by atoms with E-state index >= 15 is 0 Å². The SMILES string of the molecule is CCOC(=O)[C@H]1C(=O)N[C@H](c2ccc(F)cc2)[C@@]2(C(=O)N(C)c3ccccc32)[C@@H]1C(=O)OCC. The van der Waals surface area contributed by atoms with Gasteiger partial charge in [0.25, 0.3) is 0 Å². The Morgan fingerprint density at radius 1 is 1.00 bits per heavy atom. The summed E-state index contributed by atoms with van der Waals surface area (Å²) < 4.78 is 24.2. The van der Waals surface area contributed by atoms with Gasteiger partial charge in [-0.05, 0) is 43.2 Å². The van der Waals surface area contributed by atoms with E-state index in [-0.39, 0.29) is 13.2 Å². The molecule has 2 heterocycles. The molecule has 2 aromatic carbocycles. The second-order valence-electron chi connectivity index (χ2n) is 8.20. The highest BCUT2D eigenvalue weighted by Crippen LogP contribution is 2.57. The molecule has 2 aromatic rings. The van der Waals surface area contributed by atoms with Crippen molar-refractivity contribution in [1.29, 1.82) is 0 Å². The maximum atomic E-state index is 14.1. The van der Waals surface area contributed by atoms with Crippen molar-refractivity contribution in [1.82, 2.24) is 5.32 Å². The number of nitrogens with zero attached hydrogens (tertiary/aromatic N) is 1. The zero-order valence-electron chi connectivity index (χ0n) is 19.0. The lowest BCUT2D eigenvalue weighted by atomic mass is 9.58. The smallest absolute Gasteiger partial charge is 0.319 e. The molecule has 2 aliphatic rings. The Labute approximate surface area is 196 Å². The molecule has 9 heteroatoms. The predicted octanol–water partition coefficient (Wildman–Crippen LogP) is 2.27. The number of carbonyl (C=O) groups excluding carboxylic acids is 4. The maximum absolute atomic E-state index is 14.1. The van der Waals surface area contributed by atoms with Crippen molar-refractivity contribution in [3.8, 4) is 0 Å². The highest BCUT2D eigenvalue weighted by Gasteiger charge is 2.69. The number of halogens is 1. The van der Waals surface area contributed by atoms with E-state index in [1.807, 2.05) is 0 Å². The Bertz CT molecular complexity index is 1150. The van der Waals surface area contributed by atoms with Crippen LogP contribution in [0.2, 0.25) is 0 Å². The molecule has 2 aliphatic heterocycles. The largest absolute Gasteiger partial charge is 0.466 e. The molecule has 0 aromatic heterocycles. The Balaban J connectivity index is 2.05. The third kappa shape index (κ3) is 3.34. The number of nitrogens with one attached hydrogen (secondary N) is 1. The maximum Gasteiger partial charge on any atom is 0.319 e. The molecule has 0 bridgehead atoms. The molecule has 0 radical (unpaired) electrons. The summed E-state index contributed by atoms with van der Waals surface area (Å²) in [5.41, 5.74) is -0.317. The number of rotatable bonds is 5. The van der Waals surface area contributed by atoms with Crippen molar-refractivity contribution < 1.29 is 33.0 Å². The average Bonchev–Trinajstić information content (AvgIpc) is 3.04. The number of fused-ring (bicyclic) bond motifs is 2. The molecule has 178 valence electrons. The number of ether oxygens (including phenoxy) is 2. The number of esters is 2. The van der Waals surface area contributed by atoms with E-state index in [9.17, 15) is 23.6 Å². The number of amides is 2. The number of piperidine rings is 1. The van der Waals surface area contributed by atoms with Gasteiger partial charge in [0.1, 0.15) is 17.2 Å². The summed E-state index contributed by atoms with van der Waals surface area (Å²) >= 11 is 0. The highest BCUT2D eigenvalue weighted by molar-refractivity contribution is 6.15. The van der Waals surface area contributed by atoms with Crippen molar-refractivity contribution >= 4 is 29.4 Å². The van der Waals surface area contributed by atoms with Crippen LogP contribution in [0.1, 0.15) is 31.0 Å². The van der Waals surface area contributed by atoms with Gasteiger partial charge in [0, 0.05) is 12.7 Å². The van der Waals surface area contributed by atoms with Crippen molar-refractivity contribution in [2.75, 3.05) is 25.2 Å². The quantitative estimate of drug-likeness (QED) is 0.534. The van der Waals surface area contributed by atoms with Gasteiger partial charge in [0.15, 0.2) is 5.92 Å². The fourth-order valence-corrected chi connectivity index (χ4v) is 5.17. The van der Waals surface area contributed by atoms with Crippen LogP contribution in [-0.2, 0) is 34.1 Å². The monoisotopic (exact) mass is 468 g/mol. The van der Waals surface area contributed by atoms with Gasteiger partial charge in [-0.25, -0.2) is 4.39 Å². The van der Waals surface area contributed by atoms with Gasteiger partial charge in [-0.2, -0.15) is 0 Å². The Hall–Kier alpha value is -3.75. The van der Waals surface area contributed by atoms with Crippen LogP contribution in [0.5, 0.6) is 0 Å². The minimum absolute atomic E-state index is 0.0169. The Morgan fingerprint density at radius 3 is 2.26 bits per heavy atom. The van der Waals surface area contributed by atoms with Crippen LogP contribution in [0.25, 0.3) is 0 Å². The van der Waals surface area contributed by atoms with Crippen molar-refractivity contribution in [2.45, 2.75) is 25.3 Å². The first kappa shape index (κ1) is 23.4. The molecule has 1 fully saturated rings. The van der Waals surface area contributed by atoms with Crippen LogP contribution in [0.15, 0.2) is 48.5 Å². The van der Waals surface area contributed by atoms with Crippen LogP contribution in [0.3, 0.4) is 0 Å². The second-order valence-corrected chi connectivity index (χ2v) is 8.20. The minimum atomic E-state index is -1.72. The number of benzene rings is 2. The summed E-state index contributed by atoms with van der Waals surface area (Å²) in [5, 5.41) is 2.78. The summed E-state index contributed by atoms with van der Waals surface area (Å²) in [5.74, 6) is -6.66. The summed E-state index contributed by atoms with van der Waals surface area (Å²) in [6.07, 6.45) is 0. The lowest BCUT2D eigenvalue weighted by molar-refractivity contribution is -0.173. The number of para-hydroxylation sites is 1. The number of hydrogen-bond acceptors (Lipinski definition) is 6. The summed E-state index contributed by atoms with van der Waals surface area (Å²) in [6.45, 7) is 3.15. The van der Waals surface area contributed by atoms with Gasteiger partial charge < -0.3 is 19.7 Å². The van der Waals surface area contributed by atoms with Crippen molar-refractivity contribution in [3.63, 3.8) is 0 Å². The first-order chi connectivity index (χ1) is 16.3. The lowest BCUT2D eigenvalue weighted by Gasteiger charge is -2.47. The first-order valence-electron chi connectivity index (χ1n) is 11.1. The molecule has 34 heavy (non-hydrogen) atoms. The molecule has 1 spiro atoms. The molecule has 4 atom stereocenters. The molecular formula is C25H25FN2O6. The van der Waals surface area contributed by atoms with Gasteiger partial charge >= 0.3 is 11.9 Å². The molecule has 1 saturated heterocycles. The summed E-state index contributed by atoms with van der Waals surface area (Å²) in [4.78, 5) is 55.3. The van der Waals surface area contributed by atoms with Gasteiger partial charge in [0.2, 0.25) is 11.8 Å². The van der Waals surface area contributed by atoms with Crippen LogP contribution in [0, 0.1) is 17.7 Å². The van der Waals surface area contributed by atoms with Crippen molar-refractivity contribution in [3.05, 3.63) is 65.5 Å². The molecule has 1 N–H and O–H groups in total. The minimum Gasteiger partial charge on any atom is -0.466 e. The first-order valence-corrected chi connectivity index (χ1v) is 11.1. The normalized spacial score (nSPS) is 25.6. The highest BCUT2D eigenvalue weighted by atomic mass is 19.1. The predicted molar refractivity (Wildman–Crippen MR) is 119 cm³/mol. The van der Waals surface area contributed by atoms with E-state index < -0.39 is 52.9 Å². The molecule has 0 saturated carbocycles. The van der Waals surface area contributed by atoms with Gasteiger partial charge in [-0.1, -0.05) is 30.3 Å². The molecule has 2 amide bonds. The van der Waals surface area contributed by atoms with Crippen LogP contribution >= 0.6 is 0 Å². The standard InChI is InChI=1S/C25H25FN2O6/c1-4-33-22(30)18-19(23(31)34-5-2)25(16-8-6-7-9-17(16)28(3)24(25)32)20(27-21(18)29)14-10-12-15(26)13-11-14/h6-13,18-20H,4-5H2,1-3H3,(H,27,29)/t18-,19+,20-,25+/m1/s1. The van der Waals surface area contributed by atoms with E-state index in [4.69, 9.17) is 9.47 Å². The van der Waals surface area contributed by atoms with E-state index in [0.717, 1.165) is 0 Å². The Morgan fingerprint density at radius 2 is 1.62 bits per heavy atom. The summed E-state index contributed by atoms with van der Waals surface area (Å²) in [6, 6.07) is 11.1. The number of hydrogen-bond donors (Lipinski definition) is 1. The summed E-state index contributed by atoms with van der Waals surface area (Å²) in [7, 11) is 1.57. The zero-order chi connectivity index (χ0) is 24.6. The number of likely N-dealkylation sites (N-methyl/N-ethyl adjacent to an activating group) is 1. The zero-order valence-corrected chi connectivity index (χ0v) is 19.0. The van der Waals surface area contributed by atoms with E-state index in [1.165, 1.54) is 29.2 Å². The van der Waals surface area contributed by atoms with Gasteiger partial charge in [-0.3, -0.25) is 19.2 Å². The number of carbonyl (C=O) groups is 4. The molecule has 8 nitrogen and oxygen atoms in total. The molecular weight excluding hydrogens is 443 g/mol. The lowest BCUT2D eigenvalue weighted by Crippen LogP contribution is -2.66. The second kappa shape index (κ2) is 8.89. The van der Waals surface area contributed by atoms with Crippen LogP contribution < -0.4 is 10.2 Å². The Kier molecular flexibility index (Phi) is 6.12. The molecule has 0 unspecified atom stereocenters. The van der Waals surface area contributed by atoms with Crippen LogP contribution in [-0.4, -0.2) is 44.0 Å². The third-order valence-corrected chi connectivity index (χ3v) is 6.50. The fraction of sp³-hybridized carbons (Fsp3) is 0.360. The molecule has 0 aliphatic carbocycles. The van der Waals surface area contributed by atoms with Gasteiger partial charge in [0.05, 0.1) is 19.3 Å². The average molecular weight is 468 g/mol. The molecule has 4 rings (SSSR count). The van der Waals surface area contributed by atoms with E-state index in [0.29, 0.717) is 16.8 Å². The van der Waals surface area contributed by atoms with Crippen LogP contribution in [0.4, 0.5) is 10.1 Å². The van der Waals surface area contributed by atoms with Gasteiger partial charge in [-0.15, -0.1) is 0 Å². The number of anilines is 1. The topological polar surface area (TPSA) is 102 Å².